The molecule has 1 atom stereocenters. The van der Waals surface area contributed by atoms with Gasteiger partial charge >= 0.3 is 0 Å². The molecular formula is C23H28N4O3S2. The molecule has 1 N–H and O–H groups in total. The average molecular weight is 473 g/mol. The van der Waals surface area contributed by atoms with Gasteiger partial charge in [0, 0.05) is 37.5 Å². The Morgan fingerprint density at radius 3 is 2.88 bits per heavy atom. The van der Waals surface area contributed by atoms with E-state index in [1.165, 1.54) is 16.2 Å². The molecule has 1 unspecified atom stereocenters. The Bertz CT molecular complexity index is 1160. The van der Waals surface area contributed by atoms with Crippen LogP contribution >= 0.6 is 22.7 Å². The summed E-state index contributed by atoms with van der Waals surface area (Å²) in [6, 6.07) is 4.30. The second-order valence-corrected chi connectivity index (χ2v) is 10.4. The number of aromatic nitrogens is 2. The van der Waals surface area contributed by atoms with E-state index < -0.39 is 0 Å². The highest BCUT2D eigenvalue weighted by molar-refractivity contribution is 7.20. The summed E-state index contributed by atoms with van der Waals surface area (Å²) in [6.45, 7) is 6.25. The first-order valence-electron chi connectivity index (χ1n) is 11.3. The van der Waals surface area contributed by atoms with Gasteiger partial charge < -0.3 is 10.1 Å². The summed E-state index contributed by atoms with van der Waals surface area (Å²) in [7, 11) is 0. The number of thiophene rings is 2. The molecule has 1 saturated heterocycles. The van der Waals surface area contributed by atoms with Crippen molar-refractivity contribution in [2.24, 2.45) is 0 Å². The van der Waals surface area contributed by atoms with Crippen LogP contribution < -0.4 is 10.9 Å². The van der Waals surface area contributed by atoms with Crippen molar-refractivity contribution in [3.63, 3.8) is 0 Å². The quantitative estimate of drug-likeness (QED) is 0.616. The fourth-order valence-corrected chi connectivity index (χ4v) is 6.64. The minimum atomic E-state index is -0.125. The van der Waals surface area contributed by atoms with Crippen molar-refractivity contribution in [3.8, 4) is 0 Å². The van der Waals surface area contributed by atoms with Gasteiger partial charge in [-0.05, 0) is 36.8 Å². The minimum absolute atomic E-state index is 0.00415. The lowest BCUT2D eigenvalue weighted by Crippen LogP contribution is -2.43. The summed E-state index contributed by atoms with van der Waals surface area (Å²) in [5, 5.41) is 5.82. The fraction of sp³-hybridized carbons (Fsp3) is 0.522. The van der Waals surface area contributed by atoms with Crippen molar-refractivity contribution in [2.75, 3.05) is 32.8 Å². The zero-order chi connectivity index (χ0) is 22.1. The monoisotopic (exact) mass is 472 g/mol. The van der Waals surface area contributed by atoms with Crippen LogP contribution in [0.2, 0.25) is 0 Å². The van der Waals surface area contributed by atoms with Crippen LogP contribution in [0.25, 0.3) is 10.2 Å². The molecule has 1 amide bonds. The highest BCUT2D eigenvalue weighted by atomic mass is 32.1. The Morgan fingerprint density at radius 2 is 2.09 bits per heavy atom. The molecule has 9 heteroatoms. The van der Waals surface area contributed by atoms with E-state index >= 15 is 0 Å². The number of rotatable bonds is 5. The van der Waals surface area contributed by atoms with Crippen LogP contribution in [0.3, 0.4) is 0 Å². The number of morpholine rings is 1. The number of hydrogen-bond acceptors (Lipinski definition) is 7. The van der Waals surface area contributed by atoms with E-state index in [0.29, 0.717) is 34.9 Å². The van der Waals surface area contributed by atoms with Crippen LogP contribution in [-0.2, 0) is 17.7 Å². The molecule has 0 saturated carbocycles. The Hall–Kier alpha value is -2.07. The molecule has 0 bridgehead atoms. The molecule has 170 valence electrons. The van der Waals surface area contributed by atoms with E-state index in [9.17, 15) is 9.59 Å². The van der Waals surface area contributed by atoms with E-state index in [1.54, 1.807) is 11.3 Å². The number of aryl methyl sites for hydroxylation is 2. The van der Waals surface area contributed by atoms with Crippen LogP contribution in [-0.4, -0.2) is 53.2 Å². The third-order valence-electron chi connectivity index (χ3n) is 6.43. The molecule has 2 aliphatic heterocycles. The first kappa shape index (κ1) is 21.8. The lowest BCUT2D eigenvalue weighted by atomic mass is 10.1. The van der Waals surface area contributed by atoms with Crippen LogP contribution in [0, 0.1) is 6.92 Å². The Labute approximate surface area is 195 Å². The molecule has 32 heavy (non-hydrogen) atoms. The molecule has 0 aliphatic carbocycles. The Kier molecular flexibility index (Phi) is 6.41. The number of nitrogens with zero attached hydrogens (tertiary/aromatic N) is 3. The van der Waals surface area contributed by atoms with Crippen molar-refractivity contribution in [2.45, 2.75) is 45.2 Å². The maximum absolute atomic E-state index is 13.2. The summed E-state index contributed by atoms with van der Waals surface area (Å²) >= 11 is 3.05. The highest BCUT2D eigenvalue weighted by Gasteiger charge is 2.26. The predicted octanol–water partition coefficient (Wildman–Crippen LogP) is 3.36. The van der Waals surface area contributed by atoms with Crippen molar-refractivity contribution in [1.82, 2.24) is 19.8 Å². The molecule has 3 aromatic heterocycles. The molecule has 5 heterocycles. The Balaban J connectivity index is 1.40. The maximum atomic E-state index is 13.2. The van der Waals surface area contributed by atoms with Crippen LogP contribution in [0.4, 0.5) is 0 Å². The van der Waals surface area contributed by atoms with Crippen LogP contribution in [0.1, 0.15) is 51.2 Å². The summed E-state index contributed by atoms with van der Waals surface area (Å²) in [5.74, 6) is 0.734. The lowest BCUT2D eigenvalue weighted by molar-refractivity contribution is 0.0169. The Morgan fingerprint density at radius 1 is 1.25 bits per heavy atom. The third kappa shape index (κ3) is 4.14. The number of amides is 1. The highest BCUT2D eigenvalue weighted by Crippen LogP contribution is 2.29. The van der Waals surface area contributed by atoms with Crippen molar-refractivity contribution >= 4 is 38.8 Å². The topological polar surface area (TPSA) is 76.5 Å². The van der Waals surface area contributed by atoms with E-state index in [0.717, 1.165) is 56.7 Å². The first-order chi connectivity index (χ1) is 15.6. The van der Waals surface area contributed by atoms with Gasteiger partial charge in [0.05, 0.1) is 29.5 Å². The second kappa shape index (κ2) is 9.43. The van der Waals surface area contributed by atoms with Gasteiger partial charge in [-0.3, -0.25) is 19.1 Å². The average Bonchev–Trinajstić information content (AvgIpc) is 3.37. The largest absolute Gasteiger partial charge is 0.379 e. The minimum Gasteiger partial charge on any atom is -0.379 e. The van der Waals surface area contributed by atoms with E-state index in [4.69, 9.17) is 9.72 Å². The van der Waals surface area contributed by atoms with Gasteiger partial charge in [-0.15, -0.1) is 22.7 Å². The van der Waals surface area contributed by atoms with Gasteiger partial charge in [0.2, 0.25) is 0 Å². The molecule has 2 aliphatic rings. The zero-order valence-electron chi connectivity index (χ0n) is 18.3. The SMILES string of the molecule is Cc1c(C(=O)NCC(c2cccs2)N2CCOCC2)sc2nc3n(c(=O)c12)CCCCC3. The normalized spacial score (nSPS) is 18.3. The van der Waals surface area contributed by atoms with Gasteiger partial charge in [0.25, 0.3) is 11.5 Å². The number of nitrogens with one attached hydrogen (secondary N) is 1. The van der Waals surface area contributed by atoms with Gasteiger partial charge in [0.1, 0.15) is 10.7 Å². The number of carbonyl (C=O) groups is 1. The second-order valence-electron chi connectivity index (χ2n) is 8.42. The van der Waals surface area contributed by atoms with Gasteiger partial charge in [-0.1, -0.05) is 12.5 Å². The summed E-state index contributed by atoms with van der Waals surface area (Å²) in [4.78, 5) is 36.1. The fourth-order valence-electron chi connectivity index (χ4n) is 4.68. The van der Waals surface area contributed by atoms with E-state index in [1.807, 2.05) is 11.5 Å². The van der Waals surface area contributed by atoms with Crippen molar-refractivity contribution in [3.05, 3.63) is 49.0 Å². The number of ether oxygens (including phenoxy) is 1. The third-order valence-corrected chi connectivity index (χ3v) is 8.59. The first-order valence-corrected chi connectivity index (χ1v) is 13.0. The summed E-state index contributed by atoms with van der Waals surface area (Å²) < 4.78 is 7.33. The predicted molar refractivity (Wildman–Crippen MR) is 128 cm³/mol. The zero-order valence-corrected chi connectivity index (χ0v) is 19.9. The number of carbonyl (C=O) groups excluding carboxylic acids is 1. The number of fused-ring (bicyclic) bond motifs is 2. The van der Waals surface area contributed by atoms with Gasteiger partial charge in [0.15, 0.2) is 0 Å². The molecule has 1 fully saturated rings. The smallest absolute Gasteiger partial charge is 0.262 e. The van der Waals surface area contributed by atoms with Crippen LogP contribution in [0.5, 0.6) is 0 Å². The van der Waals surface area contributed by atoms with E-state index in [2.05, 4.69) is 27.7 Å². The van der Waals surface area contributed by atoms with Crippen molar-refractivity contribution in [1.29, 1.82) is 0 Å². The van der Waals surface area contributed by atoms with Gasteiger partial charge in [-0.2, -0.15) is 0 Å². The van der Waals surface area contributed by atoms with Crippen molar-refractivity contribution < 1.29 is 9.53 Å². The molecule has 3 aromatic rings. The molecular weight excluding hydrogens is 444 g/mol. The standard InChI is InChI=1S/C23H28N4O3S2/c1-15-19-22(25-18-7-3-2-4-8-27(18)23(19)29)32-20(15)21(28)24-14-16(17-6-5-13-31-17)26-9-11-30-12-10-26/h5-6,13,16H,2-4,7-12,14H2,1H3,(H,24,28). The maximum Gasteiger partial charge on any atom is 0.262 e. The van der Waals surface area contributed by atoms with Crippen LogP contribution in [0.15, 0.2) is 22.3 Å². The number of hydrogen-bond donors (Lipinski definition) is 1. The summed E-state index contributed by atoms with van der Waals surface area (Å²) in [6.07, 6.45) is 4.01. The van der Waals surface area contributed by atoms with Gasteiger partial charge in [-0.25, -0.2) is 4.98 Å². The summed E-state index contributed by atoms with van der Waals surface area (Å²) in [5.41, 5.74) is 0.753. The molecule has 0 spiro atoms. The van der Waals surface area contributed by atoms with E-state index in [-0.39, 0.29) is 17.5 Å². The molecule has 7 nitrogen and oxygen atoms in total. The molecule has 0 radical (unpaired) electrons. The lowest BCUT2D eigenvalue weighted by Gasteiger charge is -2.34. The molecule has 0 aromatic carbocycles. The molecule has 5 rings (SSSR count).